The zero-order valence-electron chi connectivity index (χ0n) is 10.1. The molecule has 1 fully saturated rings. The predicted octanol–water partition coefficient (Wildman–Crippen LogP) is -0.253. The van der Waals surface area contributed by atoms with Gasteiger partial charge in [-0.15, -0.1) is 5.56 Å². The molecule has 82 valence electrons. The van der Waals surface area contributed by atoms with Gasteiger partial charge in [-0.1, -0.05) is 13.3 Å². The zero-order valence-corrected chi connectivity index (χ0v) is 10.1. The zero-order chi connectivity index (χ0) is 10.5. The van der Waals surface area contributed by atoms with Crippen molar-refractivity contribution in [1.29, 1.82) is 0 Å². The molecule has 2 atom stereocenters. The summed E-state index contributed by atoms with van der Waals surface area (Å²) >= 11 is 0. The third kappa shape index (κ3) is 3.64. The van der Waals surface area contributed by atoms with Crippen molar-refractivity contribution in [2.45, 2.75) is 32.0 Å². The van der Waals surface area contributed by atoms with Crippen LogP contribution in [-0.4, -0.2) is 19.3 Å². The first kappa shape index (κ1) is 13.8. The first-order valence-corrected chi connectivity index (χ1v) is 5.59. The van der Waals surface area contributed by atoms with Crippen LogP contribution in [0.1, 0.15) is 31.4 Å². The molecule has 1 aromatic carbocycles. The van der Waals surface area contributed by atoms with Gasteiger partial charge in [0.1, 0.15) is 0 Å². The Labute approximate surface area is 110 Å². The topological polar surface area (TPSA) is 18.5 Å². The average molecular weight is 212 g/mol. The maximum Gasteiger partial charge on any atom is 1.00 e. The number of benzene rings is 1. The number of hydrogen-bond donors (Lipinski definition) is 0. The molecule has 2 rings (SSSR count). The minimum absolute atomic E-state index is 0. The standard InChI is InChI=1S/C13H17O2.Li/c1-2-6-12-9-15-13(10-14-12)11-7-4-3-5-8-11;/h4-5,7-8,12-13H,2,6,9-10H2,1H3;/q-1;+1. The van der Waals surface area contributed by atoms with Crippen LogP contribution < -0.4 is 18.9 Å². The monoisotopic (exact) mass is 212 g/mol. The van der Waals surface area contributed by atoms with Crippen molar-refractivity contribution < 1.29 is 28.3 Å². The predicted molar refractivity (Wildman–Crippen MR) is 58.6 cm³/mol. The molecule has 0 saturated carbocycles. The molecular weight excluding hydrogens is 195 g/mol. The Hall–Kier alpha value is -0.263. The first-order valence-electron chi connectivity index (χ1n) is 5.59. The number of rotatable bonds is 3. The molecule has 2 unspecified atom stereocenters. The van der Waals surface area contributed by atoms with E-state index in [2.05, 4.69) is 13.0 Å². The van der Waals surface area contributed by atoms with Crippen LogP contribution in [0.4, 0.5) is 0 Å². The van der Waals surface area contributed by atoms with Crippen LogP contribution in [0, 0.1) is 6.07 Å². The van der Waals surface area contributed by atoms with Gasteiger partial charge in [-0.25, -0.2) is 0 Å². The van der Waals surface area contributed by atoms with E-state index in [1.54, 1.807) is 0 Å². The molecule has 0 radical (unpaired) electrons. The Morgan fingerprint density at radius 3 is 2.56 bits per heavy atom. The summed E-state index contributed by atoms with van der Waals surface area (Å²) in [6, 6.07) is 10.9. The van der Waals surface area contributed by atoms with Crippen molar-refractivity contribution in [3.05, 3.63) is 35.9 Å². The molecule has 2 nitrogen and oxygen atoms in total. The molecule has 0 aliphatic carbocycles. The van der Waals surface area contributed by atoms with Crippen LogP contribution in [-0.2, 0) is 9.47 Å². The molecule has 0 spiro atoms. The number of ether oxygens (including phenoxy) is 2. The minimum atomic E-state index is 0. The van der Waals surface area contributed by atoms with E-state index in [-0.39, 0.29) is 25.0 Å². The second kappa shape index (κ2) is 7.14. The maximum atomic E-state index is 5.79. The van der Waals surface area contributed by atoms with Crippen molar-refractivity contribution >= 4 is 0 Å². The van der Waals surface area contributed by atoms with E-state index in [0.29, 0.717) is 12.7 Å². The summed E-state index contributed by atoms with van der Waals surface area (Å²) in [7, 11) is 0. The average Bonchev–Trinajstić information content (AvgIpc) is 2.32. The molecule has 0 N–H and O–H groups in total. The number of hydrogen-bond acceptors (Lipinski definition) is 2. The fraction of sp³-hybridized carbons (Fsp3) is 0.538. The second-order valence-corrected chi connectivity index (χ2v) is 3.90. The van der Waals surface area contributed by atoms with E-state index in [1.807, 2.05) is 24.3 Å². The second-order valence-electron chi connectivity index (χ2n) is 3.90. The third-order valence-electron chi connectivity index (χ3n) is 2.69. The Bertz CT molecular complexity index is 281. The van der Waals surface area contributed by atoms with Gasteiger partial charge >= 0.3 is 18.9 Å². The Morgan fingerprint density at radius 2 is 2.00 bits per heavy atom. The molecule has 0 aromatic heterocycles. The molecule has 1 aliphatic rings. The largest absolute Gasteiger partial charge is 1.00 e. The Morgan fingerprint density at radius 1 is 1.25 bits per heavy atom. The van der Waals surface area contributed by atoms with E-state index in [1.165, 1.54) is 5.56 Å². The summed E-state index contributed by atoms with van der Waals surface area (Å²) in [5.41, 5.74) is 1.18. The van der Waals surface area contributed by atoms with Gasteiger partial charge < -0.3 is 9.47 Å². The normalized spacial score (nSPS) is 24.8. The van der Waals surface area contributed by atoms with Crippen molar-refractivity contribution in [1.82, 2.24) is 0 Å². The van der Waals surface area contributed by atoms with Gasteiger partial charge in [0.15, 0.2) is 0 Å². The SMILES string of the molecule is CCCC1COC(c2cc[c-]cc2)CO1.[Li+]. The van der Waals surface area contributed by atoms with E-state index < -0.39 is 0 Å². The van der Waals surface area contributed by atoms with Gasteiger partial charge in [-0.2, -0.15) is 30.3 Å². The van der Waals surface area contributed by atoms with Gasteiger partial charge in [-0.3, -0.25) is 0 Å². The van der Waals surface area contributed by atoms with Crippen molar-refractivity contribution in [3.63, 3.8) is 0 Å². The molecule has 16 heavy (non-hydrogen) atoms. The quantitative estimate of drug-likeness (QED) is 0.508. The van der Waals surface area contributed by atoms with Crippen LogP contribution in [0.25, 0.3) is 0 Å². The fourth-order valence-corrected chi connectivity index (χ4v) is 1.84. The van der Waals surface area contributed by atoms with E-state index >= 15 is 0 Å². The molecule has 0 amide bonds. The van der Waals surface area contributed by atoms with Gasteiger partial charge in [0, 0.05) is 0 Å². The van der Waals surface area contributed by atoms with Gasteiger partial charge in [0.05, 0.1) is 25.4 Å². The van der Waals surface area contributed by atoms with E-state index in [0.717, 1.165) is 19.4 Å². The van der Waals surface area contributed by atoms with Crippen LogP contribution in [0.5, 0.6) is 0 Å². The van der Waals surface area contributed by atoms with Crippen molar-refractivity contribution in [2.75, 3.05) is 13.2 Å². The van der Waals surface area contributed by atoms with Gasteiger partial charge in [0.2, 0.25) is 0 Å². The first-order chi connectivity index (χ1) is 7.40. The smallest absolute Gasteiger partial charge is 0.373 e. The molecular formula is C13H17LiO2. The summed E-state index contributed by atoms with van der Waals surface area (Å²) in [4.78, 5) is 0. The van der Waals surface area contributed by atoms with E-state index in [4.69, 9.17) is 9.47 Å². The van der Waals surface area contributed by atoms with Crippen LogP contribution in [0.15, 0.2) is 24.3 Å². The molecule has 0 bridgehead atoms. The van der Waals surface area contributed by atoms with E-state index in [9.17, 15) is 0 Å². The summed E-state index contributed by atoms with van der Waals surface area (Å²) in [5, 5.41) is 0. The Balaban J connectivity index is 0.00000128. The van der Waals surface area contributed by atoms with Crippen molar-refractivity contribution in [3.8, 4) is 0 Å². The van der Waals surface area contributed by atoms with Crippen LogP contribution in [0.2, 0.25) is 0 Å². The third-order valence-corrected chi connectivity index (χ3v) is 2.69. The molecule has 1 aliphatic heterocycles. The summed E-state index contributed by atoms with van der Waals surface area (Å²) in [6.07, 6.45) is 2.64. The molecule has 1 saturated heterocycles. The van der Waals surface area contributed by atoms with Crippen LogP contribution >= 0.6 is 0 Å². The molecule has 1 heterocycles. The summed E-state index contributed by atoms with van der Waals surface area (Å²) < 4.78 is 11.5. The van der Waals surface area contributed by atoms with Gasteiger partial charge in [0.25, 0.3) is 0 Å². The molecule has 1 aromatic rings. The summed E-state index contributed by atoms with van der Waals surface area (Å²) in [5.74, 6) is 0. The van der Waals surface area contributed by atoms with Crippen LogP contribution in [0.3, 0.4) is 0 Å². The minimum Gasteiger partial charge on any atom is -0.373 e. The van der Waals surface area contributed by atoms with Crippen molar-refractivity contribution in [2.24, 2.45) is 0 Å². The molecule has 3 heteroatoms. The fourth-order valence-electron chi connectivity index (χ4n) is 1.84. The van der Waals surface area contributed by atoms with Gasteiger partial charge in [-0.05, 0) is 6.42 Å². The summed E-state index contributed by atoms with van der Waals surface area (Å²) in [6.45, 7) is 3.56. The Kier molecular flexibility index (Phi) is 6.16. The maximum absolute atomic E-state index is 5.79.